The molecule has 0 aromatic rings. The molecule has 1 N–H and O–H groups in total. The van der Waals surface area contributed by atoms with E-state index in [9.17, 15) is 18.3 Å². The molecule has 0 aromatic carbocycles. The Balaban J connectivity index is 2.56. The molecule has 7 heteroatoms. The molecule has 0 amide bonds. The Labute approximate surface area is 102 Å². The molecule has 1 rings (SSSR count). The Hall–Kier alpha value is -0.660. The topological polar surface area (TPSA) is 83.9 Å². The molecule has 0 aromatic heterocycles. The van der Waals surface area contributed by atoms with E-state index in [-0.39, 0.29) is 25.6 Å². The molecule has 17 heavy (non-hydrogen) atoms. The number of hydrogen-bond donors (Lipinski definition) is 1. The summed E-state index contributed by atoms with van der Waals surface area (Å²) in [6, 6.07) is 0. The number of hydrogen-bond acceptors (Lipinski definition) is 5. The Kier molecular flexibility index (Phi) is 4.16. The van der Waals surface area contributed by atoms with Crippen LogP contribution in [-0.4, -0.2) is 54.8 Å². The van der Waals surface area contributed by atoms with Crippen molar-refractivity contribution in [3.05, 3.63) is 0 Å². The van der Waals surface area contributed by atoms with Crippen molar-refractivity contribution in [1.29, 1.82) is 0 Å². The highest BCUT2D eigenvalue weighted by Crippen LogP contribution is 2.30. The number of carbonyl (C=O) groups is 1. The first-order valence-electron chi connectivity index (χ1n) is 5.57. The molecule has 1 aliphatic heterocycles. The molecular weight excluding hydrogens is 246 g/mol. The van der Waals surface area contributed by atoms with Gasteiger partial charge >= 0.3 is 5.97 Å². The van der Waals surface area contributed by atoms with Gasteiger partial charge in [-0.1, -0.05) is 13.8 Å². The molecular formula is C10H19NO5S. The summed E-state index contributed by atoms with van der Waals surface area (Å²) in [5.41, 5.74) is -0.971. The average Bonchev–Trinajstić information content (AvgIpc) is 2.11. The molecule has 1 heterocycles. The molecule has 6 nitrogen and oxygen atoms in total. The van der Waals surface area contributed by atoms with Crippen LogP contribution in [0.1, 0.15) is 20.8 Å². The number of esters is 1. The van der Waals surface area contributed by atoms with Crippen LogP contribution in [0.4, 0.5) is 0 Å². The predicted molar refractivity (Wildman–Crippen MR) is 61.8 cm³/mol. The Morgan fingerprint density at radius 3 is 2.41 bits per heavy atom. The molecule has 0 atom stereocenters. The lowest BCUT2D eigenvalue weighted by Gasteiger charge is -2.47. The smallest absolute Gasteiger partial charge is 0.322 e. The molecule has 1 fully saturated rings. The van der Waals surface area contributed by atoms with E-state index in [1.54, 1.807) is 6.92 Å². The molecule has 0 spiro atoms. The number of carbonyl (C=O) groups excluding carboxylic acids is 1. The highest BCUT2D eigenvalue weighted by molar-refractivity contribution is 7.89. The Morgan fingerprint density at radius 1 is 1.47 bits per heavy atom. The van der Waals surface area contributed by atoms with Crippen molar-refractivity contribution in [2.75, 3.05) is 25.4 Å². The van der Waals surface area contributed by atoms with Gasteiger partial charge in [0.1, 0.15) is 0 Å². The van der Waals surface area contributed by atoms with Gasteiger partial charge in [-0.2, -0.15) is 4.31 Å². The van der Waals surface area contributed by atoms with Gasteiger partial charge in [-0.05, 0) is 12.8 Å². The minimum atomic E-state index is -3.65. The van der Waals surface area contributed by atoms with Gasteiger partial charge < -0.3 is 9.84 Å². The molecule has 0 unspecified atom stereocenters. The third kappa shape index (κ3) is 3.17. The van der Waals surface area contributed by atoms with Crippen molar-refractivity contribution < 1.29 is 23.1 Å². The van der Waals surface area contributed by atoms with Crippen LogP contribution in [0.25, 0.3) is 0 Å². The van der Waals surface area contributed by atoms with E-state index < -0.39 is 27.3 Å². The first-order valence-corrected chi connectivity index (χ1v) is 7.18. The fourth-order valence-corrected chi connectivity index (χ4v) is 2.97. The van der Waals surface area contributed by atoms with Gasteiger partial charge in [-0.25, -0.2) is 8.42 Å². The normalized spacial score (nSPS) is 20.1. The van der Waals surface area contributed by atoms with Gasteiger partial charge in [-0.15, -0.1) is 0 Å². The van der Waals surface area contributed by atoms with Crippen LogP contribution in [0.3, 0.4) is 0 Å². The summed E-state index contributed by atoms with van der Waals surface area (Å²) >= 11 is 0. The quantitative estimate of drug-likeness (QED) is 0.683. The van der Waals surface area contributed by atoms with Gasteiger partial charge in [0.25, 0.3) is 0 Å². The Bertz CT molecular complexity index is 384. The summed E-state index contributed by atoms with van der Waals surface area (Å²) in [4.78, 5) is 11.1. The number of nitrogens with zero attached hydrogens (tertiary/aromatic N) is 1. The van der Waals surface area contributed by atoms with Crippen LogP contribution in [0.15, 0.2) is 0 Å². The second-order valence-electron chi connectivity index (χ2n) is 4.59. The van der Waals surface area contributed by atoms with Crippen molar-refractivity contribution in [1.82, 2.24) is 4.31 Å². The first-order chi connectivity index (χ1) is 7.71. The van der Waals surface area contributed by atoms with Gasteiger partial charge in [0, 0.05) is 13.1 Å². The maximum absolute atomic E-state index is 11.7. The molecule has 1 saturated heterocycles. The van der Waals surface area contributed by atoms with Gasteiger partial charge in [-0.3, -0.25) is 4.79 Å². The Morgan fingerprint density at radius 2 is 2.00 bits per heavy atom. The van der Waals surface area contributed by atoms with E-state index in [0.717, 1.165) is 4.31 Å². The SMILES string of the molecule is CCOC(=O)CS(=O)(=O)N1CC(O)(C(C)C)C1. The lowest BCUT2D eigenvalue weighted by Crippen LogP contribution is -2.66. The van der Waals surface area contributed by atoms with E-state index in [0.29, 0.717) is 0 Å². The molecule has 0 radical (unpaired) electrons. The summed E-state index contributed by atoms with van der Waals surface area (Å²) in [5.74, 6) is -1.43. The lowest BCUT2D eigenvalue weighted by molar-refractivity contribution is -0.140. The number of ether oxygens (including phenoxy) is 1. The van der Waals surface area contributed by atoms with E-state index in [2.05, 4.69) is 4.74 Å². The van der Waals surface area contributed by atoms with Gasteiger partial charge in [0.05, 0.1) is 12.2 Å². The van der Waals surface area contributed by atoms with E-state index in [4.69, 9.17) is 0 Å². The fourth-order valence-electron chi connectivity index (χ4n) is 1.57. The monoisotopic (exact) mass is 265 g/mol. The van der Waals surface area contributed by atoms with Crippen LogP contribution in [0, 0.1) is 5.92 Å². The number of sulfonamides is 1. The lowest BCUT2D eigenvalue weighted by atomic mass is 9.85. The molecule has 0 aliphatic carbocycles. The highest BCUT2D eigenvalue weighted by atomic mass is 32.2. The third-order valence-corrected chi connectivity index (χ3v) is 4.62. The number of rotatable bonds is 5. The van der Waals surface area contributed by atoms with E-state index in [1.165, 1.54) is 0 Å². The maximum atomic E-state index is 11.7. The first kappa shape index (κ1) is 14.4. The van der Waals surface area contributed by atoms with Crippen LogP contribution < -0.4 is 0 Å². The van der Waals surface area contributed by atoms with Crippen LogP contribution in [-0.2, 0) is 19.6 Å². The largest absolute Gasteiger partial charge is 0.465 e. The molecule has 0 saturated carbocycles. The third-order valence-electron chi connectivity index (χ3n) is 2.97. The second kappa shape index (κ2) is 4.91. The number of β-amino-alcohol motifs (C(OH)–C–C–N with tert-alkyl or cyclic N) is 1. The average molecular weight is 265 g/mol. The zero-order valence-corrected chi connectivity index (χ0v) is 11.2. The van der Waals surface area contributed by atoms with Crippen molar-refractivity contribution >= 4 is 16.0 Å². The van der Waals surface area contributed by atoms with E-state index in [1.807, 2.05) is 13.8 Å². The van der Waals surface area contributed by atoms with Crippen LogP contribution in [0.5, 0.6) is 0 Å². The fraction of sp³-hybridized carbons (Fsp3) is 0.900. The number of aliphatic hydroxyl groups is 1. The minimum Gasteiger partial charge on any atom is -0.465 e. The summed E-state index contributed by atoms with van der Waals surface area (Å²) in [6.07, 6.45) is 0. The van der Waals surface area contributed by atoms with Gasteiger partial charge in [0.15, 0.2) is 5.75 Å². The molecule has 0 bridgehead atoms. The van der Waals surface area contributed by atoms with Crippen molar-refractivity contribution in [2.24, 2.45) is 5.92 Å². The molecule has 1 aliphatic rings. The van der Waals surface area contributed by atoms with Crippen molar-refractivity contribution in [2.45, 2.75) is 26.4 Å². The van der Waals surface area contributed by atoms with Crippen LogP contribution in [0.2, 0.25) is 0 Å². The second-order valence-corrected chi connectivity index (χ2v) is 6.56. The highest BCUT2D eigenvalue weighted by Gasteiger charge is 2.49. The van der Waals surface area contributed by atoms with Crippen LogP contribution >= 0.6 is 0 Å². The minimum absolute atomic E-state index is 0.0171. The predicted octanol–water partition coefficient (Wildman–Crippen LogP) is -0.418. The van der Waals surface area contributed by atoms with Crippen molar-refractivity contribution in [3.63, 3.8) is 0 Å². The summed E-state index contributed by atoms with van der Waals surface area (Å²) in [5, 5.41) is 9.94. The zero-order chi connectivity index (χ0) is 13.3. The summed E-state index contributed by atoms with van der Waals surface area (Å²) in [6.45, 7) is 5.53. The molecule has 100 valence electrons. The van der Waals surface area contributed by atoms with E-state index >= 15 is 0 Å². The summed E-state index contributed by atoms with van der Waals surface area (Å²) in [7, 11) is -3.65. The van der Waals surface area contributed by atoms with Gasteiger partial charge in [0.2, 0.25) is 10.0 Å². The zero-order valence-electron chi connectivity index (χ0n) is 10.3. The van der Waals surface area contributed by atoms with Crippen molar-refractivity contribution in [3.8, 4) is 0 Å². The maximum Gasteiger partial charge on any atom is 0.322 e. The standard InChI is InChI=1S/C10H19NO5S/c1-4-16-9(12)5-17(14,15)11-6-10(13,7-11)8(2)3/h8,13H,4-7H2,1-3H3. The summed E-state index contributed by atoms with van der Waals surface area (Å²) < 4.78 is 29.1.